The molecule has 1 fully saturated rings. The van der Waals surface area contributed by atoms with Crippen LogP contribution in [0.3, 0.4) is 0 Å². The Morgan fingerprint density at radius 3 is 2.36 bits per heavy atom. The van der Waals surface area contributed by atoms with Crippen molar-refractivity contribution < 1.29 is 22.7 Å². The van der Waals surface area contributed by atoms with Gasteiger partial charge in [0.2, 0.25) is 0 Å². The zero-order valence-corrected chi connectivity index (χ0v) is 13.0. The minimum Gasteiger partial charge on any atom is -0.394 e. The maximum Gasteiger partial charge on any atom is 0.416 e. The van der Waals surface area contributed by atoms with Gasteiger partial charge in [0.1, 0.15) is 5.82 Å². The zero-order chi connectivity index (χ0) is 15.6. The van der Waals surface area contributed by atoms with E-state index in [0.717, 1.165) is 12.1 Å². The van der Waals surface area contributed by atoms with Crippen molar-refractivity contribution in [2.24, 2.45) is 0 Å². The highest BCUT2D eigenvalue weighted by atomic mass is 35.5. The first-order chi connectivity index (χ1) is 9.86. The van der Waals surface area contributed by atoms with Crippen molar-refractivity contribution in [1.82, 2.24) is 10.2 Å². The Balaban J connectivity index is 0.00000242. The summed E-state index contributed by atoms with van der Waals surface area (Å²) in [5.74, 6) is -1.12. The van der Waals surface area contributed by atoms with Crippen LogP contribution in [0.25, 0.3) is 0 Å². The third kappa shape index (κ3) is 4.02. The minimum atomic E-state index is -4.71. The van der Waals surface area contributed by atoms with Crippen molar-refractivity contribution in [2.45, 2.75) is 12.2 Å². The molecular formula is C13H16Cl2F4N2O. The van der Waals surface area contributed by atoms with E-state index in [2.05, 4.69) is 5.32 Å². The second-order valence-corrected chi connectivity index (χ2v) is 5.21. The summed E-state index contributed by atoms with van der Waals surface area (Å²) in [4.78, 5) is 1.63. The molecule has 0 spiro atoms. The molecule has 126 valence electrons. The average molecular weight is 363 g/mol. The molecule has 0 bridgehead atoms. The summed E-state index contributed by atoms with van der Waals surface area (Å²) < 4.78 is 53.5. The van der Waals surface area contributed by atoms with Crippen molar-refractivity contribution in [3.63, 3.8) is 0 Å². The Kier molecular flexibility index (Phi) is 6.88. The van der Waals surface area contributed by atoms with Crippen molar-refractivity contribution in [3.8, 4) is 0 Å². The zero-order valence-electron chi connectivity index (χ0n) is 11.5. The van der Waals surface area contributed by atoms with E-state index in [1.807, 2.05) is 0 Å². The fraction of sp³-hybridized carbons (Fsp3) is 0.538. The molecule has 1 aromatic carbocycles. The number of halogens is 6. The summed E-state index contributed by atoms with van der Waals surface area (Å²) >= 11 is 5.62. The standard InChI is InChI=1S/C13H15ClF4N2O.ClH/c14-9-2-1-8(13(16,17)18)11(12(9)15)10(7-21)20-5-3-19-4-6-20;/h1-2,10,19,21H,3-7H2;1H/t10-;/m0./s1. The predicted octanol–water partition coefficient (Wildman–Crippen LogP) is 2.86. The van der Waals surface area contributed by atoms with Crippen LogP contribution < -0.4 is 5.32 Å². The predicted molar refractivity (Wildman–Crippen MR) is 77.9 cm³/mol. The van der Waals surface area contributed by atoms with Crippen molar-refractivity contribution in [1.29, 1.82) is 0 Å². The largest absolute Gasteiger partial charge is 0.416 e. The van der Waals surface area contributed by atoms with E-state index in [1.54, 1.807) is 4.90 Å². The highest BCUT2D eigenvalue weighted by molar-refractivity contribution is 6.30. The molecule has 2 N–H and O–H groups in total. The topological polar surface area (TPSA) is 35.5 Å². The van der Waals surface area contributed by atoms with E-state index in [-0.39, 0.29) is 17.4 Å². The lowest BCUT2D eigenvalue weighted by molar-refractivity contribution is -0.139. The normalized spacial score (nSPS) is 17.9. The van der Waals surface area contributed by atoms with E-state index in [4.69, 9.17) is 11.6 Å². The number of piperazine rings is 1. The Bertz CT molecular complexity index is 508. The summed E-state index contributed by atoms with van der Waals surface area (Å²) in [6, 6.07) is 0.573. The van der Waals surface area contributed by atoms with Gasteiger partial charge in [0.25, 0.3) is 0 Å². The second-order valence-electron chi connectivity index (χ2n) is 4.80. The molecule has 0 aromatic heterocycles. The van der Waals surface area contributed by atoms with Crippen LogP contribution in [0, 0.1) is 5.82 Å². The lowest BCUT2D eigenvalue weighted by atomic mass is 9.97. The van der Waals surface area contributed by atoms with E-state index in [0.29, 0.717) is 26.2 Å². The maximum absolute atomic E-state index is 14.2. The van der Waals surface area contributed by atoms with Crippen LogP contribution in [-0.4, -0.2) is 42.8 Å². The summed E-state index contributed by atoms with van der Waals surface area (Å²) in [6.45, 7) is 1.38. The number of rotatable bonds is 3. The van der Waals surface area contributed by atoms with Crippen LogP contribution in [0.2, 0.25) is 5.02 Å². The van der Waals surface area contributed by atoms with Crippen LogP contribution in [0.4, 0.5) is 17.6 Å². The molecule has 0 radical (unpaired) electrons. The molecule has 0 saturated carbocycles. The highest BCUT2D eigenvalue weighted by Gasteiger charge is 2.39. The number of hydrogen-bond acceptors (Lipinski definition) is 3. The Morgan fingerprint density at radius 1 is 1.27 bits per heavy atom. The lowest BCUT2D eigenvalue weighted by Gasteiger charge is -2.35. The number of aliphatic hydroxyl groups is 1. The first-order valence-electron chi connectivity index (χ1n) is 6.47. The van der Waals surface area contributed by atoms with Gasteiger partial charge >= 0.3 is 6.18 Å². The molecule has 3 nitrogen and oxygen atoms in total. The Labute approximate surface area is 136 Å². The van der Waals surface area contributed by atoms with Gasteiger partial charge in [-0.25, -0.2) is 4.39 Å². The molecule has 1 atom stereocenters. The molecule has 2 rings (SSSR count). The first-order valence-corrected chi connectivity index (χ1v) is 6.84. The molecule has 9 heteroatoms. The van der Waals surface area contributed by atoms with Crippen molar-refractivity contribution in [3.05, 3.63) is 34.1 Å². The van der Waals surface area contributed by atoms with E-state index >= 15 is 0 Å². The Morgan fingerprint density at radius 2 is 1.86 bits per heavy atom. The van der Waals surface area contributed by atoms with Gasteiger partial charge in [-0.05, 0) is 12.1 Å². The van der Waals surface area contributed by atoms with Crippen LogP contribution in [0.5, 0.6) is 0 Å². The van der Waals surface area contributed by atoms with Gasteiger partial charge in [-0.15, -0.1) is 12.4 Å². The molecular weight excluding hydrogens is 347 g/mol. The third-order valence-electron chi connectivity index (χ3n) is 3.54. The van der Waals surface area contributed by atoms with Gasteiger partial charge < -0.3 is 10.4 Å². The number of nitrogens with one attached hydrogen (secondary N) is 1. The monoisotopic (exact) mass is 362 g/mol. The molecule has 0 aliphatic carbocycles. The number of nitrogens with zero attached hydrogens (tertiary/aromatic N) is 1. The summed E-state index contributed by atoms with van der Waals surface area (Å²) in [7, 11) is 0. The van der Waals surface area contributed by atoms with Gasteiger partial charge in [0.15, 0.2) is 0 Å². The molecule has 1 saturated heterocycles. The SMILES string of the molecule is Cl.OC[C@@H](c1c(C(F)(F)F)ccc(Cl)c1F)N1CCNCC1. The summed E-state index contributed by atoms with van der Waals surface area (Å²) in [5.41, 5.74) is -1.68. The molecule has 1 aliphatic heterocycles. The van der Waals surface area contributed by atoms with Crippen LogP contribution in [-0.2, 0) is 6.18 Å². The second kappa shape index (κ2) is 7.79. The van der Waals surface area contributed by atoms with E-state index in [1.165, 1.54) is 0 Å². The quantitative estimate of drug-likeness (QED) is 0.811. The van der Waals surface area contributed by atoms with E-state index in [9.17, 15) is 22.7 Å². The maximum atomic E-state index is 14.2. The first kappa shape index (κ1) is 19.4. The van der Waals surface area contributed by atoms with Crippen molar-refractivity contribution >= 4 is 24.0 Å². The highest BCUT2D eigenvalue weighted by Crippen LogP contribution is 2.39. The lowest BCUT2D eigenvalue weighted by Crippen LogP contribution is -2.46. The molecule has 1 heterocycles. The number of alkyl halides is 3. The van der Waals surface area contributed by atoms with Crippen LogP contribution >= 0.6 is 24.0 Å². The van der Waals surface area contributed by atoms with Gasteiger partial charge in [-0.1, -0.05) is 11.6 Å². The Hall–Kier alpha value is -0.600. The average Bonchev–Trinajstić information content (AvgIpc) is 2.44. The molecule has 0 unspecified atom stereocenters. The fourth-order valence-electron chi connectivity index (χ4n) is 2.52. The van der Waals surface area contributed by atoms with Gasteiger partial charge in [-0.2, -0.15) is 13.2 Å². The van der Waals surface area contributed by atoms with E-state index < -0.39 is 35.8 Å². The fourth-order valence-corrected chi connectivity index (χ4v) is 2.69. The number of hydrogen-bond donors (Lipinski definition) is 2. The van der Waals surface area contributed by atoms with Crippen LogP contribution in [0.15, 0.2) is 12.1 Å². The van der Waals surface area contributed by atoms with Crippen molar-refractivity contribution in [2.75, 3.05) is 32.8 Å². The minimum absolute atomic E-state index is 0. The van der Waals surface area contributed by atoms with Gasteiger partial charge in [0, 0.05) is 31.7 Å². The molecule has 1 aromatic rings. The number of aliphatic hydroxyl groups excluding tert-OH is 1. The number of benzene rings is 1. The third-order valence-corrected chi connectivity index (χ3v) is 3.83. The van der Waals surface area contributed by atoms with Crippen LogP contribution in [0.1, 0.15) is 17.2 Å². The smallest absolute Gasteiger partial charge is 0.394 e. The van der Waals surface area contributed by atoms with Gasteiger partial charge in [0.05, 0.1) is 23.2 Å². The summed E-state index contributed by atoms with van der Waals surface area (Å²) in [5, 5.41) is 12.2. The molecule has 1 aliphatic rings. The van der Waals surface area contributed by atoms with Gasteiger partial charge in [-0.3, -0.25) is 4.90 Å². The summed E-state index contributed by atoms with van der Waals surface area (Å²) in [6.07, 6.45) is -4.71. The molecule has 22 heavy (non-hydrogen) atoms. The molecule has 0 amide bonds.